The summed E-state index contributed by atoms with van der Waals surface area (Å²) in [6.07, 6.45) is 0. The number of thiophene rings is 1. The second kappa shape index (κ2) is 6.72. The van der Waals surface area contributed by atoms with Gasteiger partial charge in [0.05, 0.1) is 4.34 Å². The largest absolute Gasteiger partial charge is 0.326 e. The molecule has 0 fully saturated rings. The fourth-order valence-electron chi connectivity index (χ4n) is 2.50. The number of nitrogens with two attached hydrogens (primary N) is 1. The van der Waals surface area contributed by atoms with Gasteiger partial charge in [0.2, 0.25) is 0 Å². The summed E-state index contributed by atoms with van der Waals surface area (Å²) in [5, 5.41) is 0. The molecule has 20 heavy (non-hydrogen) atoms. The van der Waals surface area contributed by atoms with Crippen LogP contribution < -0.4 is 5.73 Å². The lowest BCUT2D eigenvalue weighted by molar-refractivity contribution is 0.212. The zero-order chi connectivity index (χ0) is 14.7. The number of aryl methyl sites for hydroxylation is 1. The number of benzene rings is 1. The van der Waals surface area contributed by atoms with Gasteiger partial charge in [-0.2, -0.15) is 0 Å². The Balaban J connectivity index is 2.17. The Morgan fingerprint density at radius 2 is 1.85 bits per heavy atom. The highest BCUT2D eigenvalue weighted by Crippen LogP contribution is 2.28. The van der Waals surface area contributed by atoms with Gasteiger partial charge in [-0.1, -0.05) is 41.4 Å². The summed E-state index contributed by atoms with van der Waals surface area (Å²) in [4.78, 5) is 3.55. The topological polar surface area (TPSA) is 29.3 Å². The summed E-state index contributed by atoms with van der Waals surface area (Å²) in [6.45, 7) is 5.02. The van der Waals surface area contributed by atoms with Crippen LogP contribution in [0.25, 0.3) is 0 Å². The van der Waals surface area contributed by atoms with Crippen LogP contribution in [0.15, 0.2) is 36.4 Å². The van der Waals surface area contributed by atoms with Gasteiger partial charge >= 0.3 is 0 Å². The van der Waals surface area contributed by atoms with Gasteiger partial charge in [0.25, 0.3) is 0 Å². The Hall–Kier alpha value is -0.870. The lowest BCUT2D eigenvalue weighted by Gasteiger charge is -2.31. The molecule has 0 saturated heterocycles. The summed E-state index contributed by atoms with van der Waals surface area (Å²) in [5.41, 5.74) is 8.73. The van der Waals surface area contributed by atoms with Gasteiger partial charge in [0.15, 0.2) is 0 Å². The zero-order valence-corrected chi connectivity index (χ0v) is 13.7. The number of hydrogen-bond donors (Lipinski definition) is 1. The Morgan fingerprint density at radius 3 is 2.35 bits per heavy atom. The summed E-state index contributed by atoms with van der Waals surface area (Å²) in [6, 6.07) is 12.9. The zero-order valence-electron chi connectivity index (χ0n) is 12.1. The van der Waals surface area contributed by atoms with Crippen LogP contribution in [0.4, 0.5) is 0 Å². The molecule has 1 aromatic carbocycles. The second-order valence-electron chi connectivity index (χ2n) is 5.34. The molecule has 0 radical (unpaired) electrons. The molecule has 2 atom stereocenters. The summed E-state index contributed by atoms with van der Waals surface area (Å²) in [7, 11) is 2.11. The number of rotatable bonds is 5. The predicted octanol–water partition coefficient (Wildman–Crippen LogP) is 4.23. The van der Waals surface area contributed by atoms with E-state index < -0.39 is 0 Å². The first-order valence-corrected chi connectivity index (χ1v) is 7.93. The van der Waals surface area contributed by atoms with Gasteiger partial charge in [-0.25, -0.2) is 0 Å². The average Bonchev–Trinajstić information content (AvgIpc) is 2.77. The summed E-state index contributed by atoms with van der Waals surface area (Å²) >= 11 is 7.62. The van der Waals surface area contributed by atoms with Gasteiger partial charge < -0.3 is 5.73 Å². The fourth-order valence-corrected chi connectivity index (χ4v) is 3.66. The quantitative estimate of drug-likeness (QED) is 0.895. The van der Waals surface area contributed by atoms with Crippen molar-refractivity contribution in [2.24, 2.45) is 5.73 Å². The molecule has 108 valence electrons. The van der Waals surface area contributed by atoms with Crippen molar-refractivity contribution >= 4 is 22.9 Å². The molecular formula is C16H21ClN2S. The molecule has 0 spiro atoms. The van der Waals surface area contributed by atoms with Crippen molar-refractivity contribution in [3.63, 3.8) is 0 Å². The fraction of sp³-hybridized carbons (Fsp3) is 0.375. The summed E-state index contributed by atoms with van der Waals surface area (Å²) < 4.78 is 0.834. The van der Waals surface area contributed by atoms with Gasteiger partial charge in [-0.3, -0.25) is 4.90 Å². The lowest BCUT2D eigenvalue weighted by atomic mass is 9.98. The van der Waals surface area contributed by atoms with E-state index in [-0.39, 0.29) is 12.1 Å². The highest BCUT2D eigenvalue weighted by Gasteiger charge is 2.21. The van der Waals surface area contributed by atoms with E-state index in [9.17, 15) is 0 Å². The number of nitrogens with zero attached hydrogens (tertiary/aromatic N) is 1. The molecule has 1 heterocycles. The van der Waals surface area contributed by atoms with Crippen molar-refractivity contribution in [3.05, 3.63) is 56.7 Å². The molecule has 2 unspecified atom stereocenters. The standard InChI is InChI=1S/C16H21ClN2S/c1-11-4-6-13(7-5-11)16(12(2)18)19(3)10-14-8-9-15(17)20-14/h4-9,12,16H,10,18H2,1-3H3. The first-order chi connectivity index (χ1) is 9.47. The molecule has 0 aliphatic heterocycles. The maximum Gasteiger partial charge on any atom is 0.0931 e. The van der Waals surface area contributed by atoms with E-state index in [4.69, 9.17) is 17.3 Å². The lowest BCUT2D eigenvalue weighted by Crippen LogP contribution is -2.36. The van der Waals surface area contributed by atoms with Crippen LogP contribution in [0, 0.1) is 6.92 Å². The molecule has 0 aliphatic carbocycles. The highest BCUT2D eigenvalue weighted by molar-refractivity contribution is 7.16. The molecule has 2 rings (SSSR count). The van der Waals surface area contributed by atoms with Crippen molar-refractivity contribution in [2.75, 3.05) is 7.05 Å². The van der Waals surface area contributed by atoms with E-state index in [1.807, 2.05) is 6.07 Å². The van der Waals surface area contributed by atoms with Crippen molar-refractivity contribution in [2.45, 2.75) is 32.5 Å². The van der Waals surface area contributed by atoms with Crippen LogP contribution in [-0.4, -0.2) is 18.0 Å². The smallest absolute Gasteiger partial charge is 0.0931 e. The molecule has 2 aromatic rings. The van der Waals surface area contributed by atoms with Crippen LogP contribution in [0.1, 0.15) is 29.0 Å². The predicted molar refractivity (Wildman–Crippen MR) is 88.4 cm³/mol. The Bertz CT molecular complexity index is 548. The maximum absolute atomic E-state index is 6.20. The number of halogens is 1. The molecule has 0 bridgehead atoms. The van der Waals surface area contributed by atoms with Crippen molar-refractivity contribution in [3.8, 4) is 0 Å². The number of hydrogen-bond acceptors (Lipinski definition) is 3. The molecule has 1 aromatic heterocycles. The van der Waals surface area contributed by atoms with Crippen molar-refractivity contribution in [1.29, 1.82) is 0 Å². The van der Waals surface area contributed by atoms with Gasteiger partial charge in [-0.05, 0) is 38.6 Å². The molecular weight excluding hydrogens is 288 g/mol. The van der Waals surface area contributed by atoms with E-state index in [1.54, 1.807) is 11.3 Å². The monoisotopic (exact) mass is 308 g/mol. The third kappa shape index (κ3) is 3.83. The first kappa shape index (κ1) is 15.5. The van der Waals surface area contributed by atoms with E-state index in [1.165, 1.54) is 16.0 Å². The molecule has 4 heteroatoms. The Labute approximate surface area is 130 Å². The highest BCUT2D eigenvalue weighted by atomic mass is 35.5. The van der Waals surface area contributed by atoms with Crippen LogP contribution in [0.3, 0.4) is 0 Å². The van der Waals surface area contributed by atoms with Crippen molar-refractivity contribution < 1.29 is 0 Å². The second-order valence-corrected chi connectivity index (χ2v) is 7.14. The van der Waals surface area contributed by atoms with Gasteiger partial charge in [0, 0.05) is 23.5 Å². The van der Waals surface area contributed by atoms with E-state index in [0.29, 0.717) is 0 Å². The van der Waals surface area contributed by atoms with Crippen molar-refractivity contribution in [1.82, 2.24) is 4.90 Å². The molecule has 2 N–H and O–H groups in total. The maximum atomic E-state index is 6.20. The van der Waals surface area contributed by atoms with Crippen LogP contribution in [-0.2, 0) is 6.54 Å². The SMILES string of the molecule is Cc1ccc(C(C(C)N)N(C)Cc2ccc(Cl)s2)cc1. The molecule has 0 aliphatic rings. The molecule has 2 nitrogen and oxygen atoms in total. The minimum Gasteiger partial charge on any atom is -0.326 e. The van der Waals surface area contributed by atoms with Crippen LogP contribution >= 0.6 is 22.9 Å². The molecule has 0 amide bonds. The van der Waals surface area contributed by atoms with Gasteiger partial charge in [0.1, 0.15) is 0 Å². The van der Waals surface area contributed by atoms with E-state index >= 15 is 0 Å². The number of likely N-dealkylation sites (N-methyl/N-ethyl adjacent to an activating group) is 1. The van der Waals surface area contributed by atoms with Gasteiger partial charge in [-0.15, -0.1) is 11.3 Å². The normalized spacial score (nSPS) is 14.5. The van der Waals surface area contributed by atoms with Crippen LogP contribution in [0.5, 0.6) is 0 Å². The third-order valence-corrected chi connectivity index (χ3v) is 4.64. The minimum atomic E-state index is 0.0677. The summed E-state index contributed by atoms with van der Waals surface area (Å²) in [5.74, 6) is 0. The molecule has 0 saturated carbocycles. The van der Waals surface area contributed by atoms with E-state index in [2.05, 4.69) is 56.1 Å². The third-order valence-electron chi connectivity index (χ3n) is 3.43. The minimum absolute atomic E-state index is 0.0677. The first-order valence-electron chi connectivity index (χ1n) is 6.74. The Morgan fingerprint density at radius 1 is 1.20 bits per heavy atom. The Kier molecular flexibility index (Phi) is 5.22. The van der Waals surface area contributed by atoms with E-state index in [0.717, 1.165) is 10.9 Å². The average molecular weight is 309 g/mol. The van der Waals surface area contributed by atoms with Crippen LogP contribution in [0.2, 0.25) is 4.34 Å².